The van der Waals surface area contributed by atoms with E-state index in [9.17, 15) is 9.46 Å². The maximum absolute atomic E-state index is 11.9. The van der Waals surface area contributed by atoms with Crippen LogP contribution in [0.5, 0.6) is 0 Å². The Morgan fingerprint density at radius 2 is 1.07 bits per heavy atom. The first-order chi connectivity index (χ1) is 27.4. The van der Waals surface area contributed by atoms with Gasteiger partial charge < -0.3 is 14.4 Å². The van der Waals surface area contributed by atoms with Gasteiger partial charge in [0.05, 0.1) is 19.3 Å². The van der Waals surface area contributed by atoms with Crippen LogP contribution < -0.4 is 0 Å². The number of likely N-dealkylation sites (N-methyl/N-ethyl adjacent to an activating group) is 1. The molecule has 2 atom stereocenters. The minimum atomic E-state index is -4.01. The third kappa shape index (κ3) is 24.7. The van der Waals surface area contributed by atoms with Gasteiger partial charge in [0.25, 0.3) is 0 Å². The lowest BCUT2D eigenvalue weighted by molar-refractivity contribution is -0.198. The fourth-order valence-corrected chi connectivity index (χ4v) is 7.99. The van der Waals surface area contributed by atoms with Crippen molar-refractivity contribution in [3.8, 4) is 0 Å². The van der Waals surface area contributed by atoms with Gasteiger partial charge in [0, 0.05) is 37.5 Å². The van der Waals surface area contributed by atoms with Gasteiger partial charge in [0.2, 0.25) is 0 Å². The molecule has 0 spiro atoms. The van der Waals surface area contributed by atoms with Crippen LogP contribution in [0.3, 0.4) is 0 Å². The highest BCUT2D eigenvalue weighted by Crippen LogP contribution is 2.47. The van der Waals surface area contributed by atoms with Crippen molar-refractivity contribution in [3.63, 3.8) is 0 Å². The number of hydrogen-bond acceptors (Lipinski definition) is 6. The third-order valence-electron chi connectivity index (χ3n) is 12.6. The van der Waals surface area contributed by atoms with Crippen LogP contribution in [0.25, 0.3) is 0 Å². The third-order valence-corrected chi connectivity index (χ3v) is 13.6. The van der Waals surface area contributed by atoms with Crippen molar-refractivity contribution in [2.45, 2.75) is 226 Å². The molecule has 1 aliphatic rings. The van der Waals surface area contributed by atoms with Crippen LogP contribution in [0.2, 0.25) is 0 Å². The first-order valence-corrected chi connectivity index (χ1v) is 25.0. The van der Waals surface area contributed by atoms with E-state index in [1.165, 1.54) is 136 Å². The number of phosphoric acid groups is 1. The SMILES string of the molecule is CCCCCC=CCC=CCCCCCCCCC1(CCCCCCCCC=CCC=CCCCCC)OCC(C(C)(C)C(C)(C)N(C)CCOP(=O)(O)OC)O1. The molecule has 1 fully saturated rings. The Balaban J connectivity index is 2.58. The van der Waals surface area contributed by atoms with Crippen LogP contribution in [0.15, 0.2) is 48.6 Å². The monoisotopic (exact) mass is 822 g/mol. The molecule has 0 aliphatic carbocycles. The second-order valence-corrected chi connectivity index (χ2v) is 19.2. The van der Waals surface area contributed by atoms with E-state index in [1.807, 2.05) is 7.05 Å². The van der Waals surface area contributed by atoms with Gasteiger partial charge in [-0.05, 0) is 97.9 Å². The summed E-state index contributed by atoms with van der Waals surface area (Å²) < 4.78 is 35.4. The van der Waals surface area contributed by atoms with E-state index in [-0.39, 0.29) is 23.7 Å². The average molecular weight is 822 g/mol. The van der Waals surface area contributed by atoms with Gasteiger partial charge in [-0.25, -0.2) is 4.57 Å². The van der Waals surface area contributed by atoms with Gasteiger partial charge in [-0.15, -0.1) is 0 Å². The van der Waals surface area contributed by atoms with Crippen molar-refractivity contribution >= 4 is 7.82 Å². The molecule has 0 bridgehead atoms. The van der Waals surface area contributed by atoms with Gasteiger partial charge >= 0.3 is 7.82 Å². The van der Waals surface area contributed by atoms with Crippen LogP contribution in [-0.2, 0) is 23.1 Å². The van der Waals surface area contributed by atoms with Crippen LogP contribution in [-0.4, -0.2) is 61.1 Å². The highest BCUT2D eigenvalue weighted by molar-refractivity contribution is 7.47. The summed E-state index contributed by atoms with van der Waals surface area (Å²) in [7, 11) is -0.779. The summed E-state index contributed by atoms with van der Waals surface area (Å²) in [6.45, 7) is 14.7. The summed E-state index contributed by atoms with van der Waals surface area (Å²) in [5.74, 6) is -0.522. The lowest BCUT2D eigenvalue weighted by atomic mass is 9.69. The molecule has 1 rings (SSSR count). The molecule has 0 saturated carbocycles. The van der Waals surface area contributed by atoms with E-state index < -0.39 is 13.6 Å². The zero-order chi connectivity index (χ0) is 42.1. The molecule has 8 heteroatoms. The Labute approximate surface area is 353 Å². The fraction of sp³-hybridized carbons (Fsp3) is 0.837. The summed E-state index contributed by atoms with van der Waals surface area (Å²) in [4.78, 5) is 11.9. The van der Waals surface area contributed by atoms with E-state index >= 15 is 0 Å². The van der Waals surface area contributed by atoms with Gasteiger partial charge in [-0.1, -0.05) is 153 Å². The Bertz CT molecular complexity index is 1080. The minimum absolute atomic E-state index is 0.0620. The molecule has 1 saturated heterocycles. The van der Waals surface area contributed by atoms with Crippen LogP contribution in [0.4, 0.5) is 0 Å². The number of rotatable bonds is 38. The van der Waals surface area contributed by atoms with Crippen molar-refractivity contribution in [2.75, 3.05) is 33.9 Å². The van der Waals surface area contributed by atoms with Crippen LogP contribution >= 0.6 is 7.82 Å². The van der Waals surface area contributed by atoms with E-state index in [1.54, 1.807) is 0 Å². The Kier molecular flexibility index (Phi) is 30.9. The Morgan fingerprint density at radius 1 is 0.667 bits per heavy atom. The molecular formula is C49H92NO6P. The van der Waals surface area contributed by atoms with Gasteiger partial charge in [-0.2, -0.15) is 0 Å². The molecule has 0 radical (unpaired) electrons. The molecule has 7 nitrogen and oxygen atoms in total. The minimum Gasteiger partial charge on any atom is -0.347 e. The second-order valence-electron chi connectivity index (χ2n) is 17.7. The topological polar surface area (TPSA) is 77.5 Å². The van der Waals surface area contributed by atoms with E-state index in [2.05, 4.69) is 99.6 Å². The smallest absolute Gasteiger partial charge is 0.347 e. The highest BCUT2D eigenvalue weighted by atomic mass is 31.2. The van der Waals surface area contributed by atoms with Crippen LogP contribution in [0.1, 0.15) is 208 Å². The molecular weight excluding hydrogens is 730 g/mol. The van der Waals surface area contributed by atoms with Crippen molar-refractivity contribution in [1.82, 2.24) is 4.90 Å². The second kappa shape index (κ2) is 32.7. The van der Waals surface area contributed by atoms with Gasteiger partial charge in [-0.3, -0.25) is 13.9 Å². The van der Waals surface area contributed by atoms with Crippen molar-refractivity contribution < 1.29 is 28.0 Å². The Morgan fingerprint density at radius 3 is 1.49 bits per heavy atom. The largest absolute Gasteiger partial charge is 0.471 e. The molecule has 1 N–H and O–H groups in total. The van der Waals surface area contributed by atoms with Crippen LogP contribution in [0, 0.1) is 5.41 Å². The summed E-state index contributed by atoms with van der Waals surface area (Å²) in [6.07, 6.45) is 50.3. The van der Waals surface area contributed by atoms with E-state index in [4.69, 9.17) is 14.0 Å². The lowest BCUT2D eigenvalue weighted by Gasteiger charge is -2.50. The maximum Gasteiger partial charge on any atom is 0.471 e. The molecule has 0 amide bonds. The quantitative estimate of drug-likeness (QED) is 0.0377. The van der Waals surface area contributed by atoms with E-state index in [0.717, 1.165) is 38.5 Å². The first kappa shape index (κ1) is 54.0. The molecule has 57 heavy (non-hydrogen) atoms. The van der Waals surface area contributed by atoms with E-state index in [0.29, 0.717) is 13.2 Å². The average Bonchev–Trinajstić information content (AvgIpc) is 3.62. The summed E-state index contributed by atoms with van der Waals surface area (Å²) in [5, 5.41) is 0. The number of phosphoric ester groups is 1. The van der Waals surface area contributed by atoms with Crippen molar-refractivity contribution in [3.05, 3.63) is 48.6 Å². The molecule has 0 aromatic rings. The highest BCUT2D eigenvalue weighted by Gasteiger charge is 2.53. The molecule has 2 unspecified atom stereocenters. The Hall–Kier alpha value is -1.05. The number of allylic oxidation sites excluding steroid dienone is 8. The number of unbranched alkanes of at least 4 members (excludes halogenated alkanes) is 18. The van der Waals surface area contributed by atoms with Gasteiger partial charge in [0.1, 0.15) is 0 Å². The predicted molar refractivity (Wildman–Crippen MR) is 245 cm³/mol. The van der Waals surface area contributed by atoms with Crippen molar-refractivity contribution in [1.29, 1.82) is 0 Å². The number of hydrogen-bond donors (Lipinski definition) is 1. The molecule has 334 valence electrons. The maximum atomic E-state index is 11.9. The predicted octanol–water partition coefficient (Wildman–Crippen LogP) is 15.0. The summed E-state index contributed by atoms with van der Waals surface area (Å²) in [5.41, 5.74) is -0.556. The zero-order valence-electron chi connectivity index (χ0n) is 38.6. The normalized spacial score (nSPS) is 19.4. The fourth-order valence-electron chi connectivity index (χ4n) is 7.57. The first-order valence-electron chi connectivity index (χ1n) is 23.5. The molecule has 0 aromatic carbocycles. The standard InChI is InChI=1S/C49H92NO6P/c1-9-11-13-15-17-19-21-23-25-27-29-31-33-35-37-39-41-49(42-40-38-36-34-32-30-28-26-24-22-20-18-16-14-12-10-2)54-45-46(56-49)47(3,4)48(5,6)50(7)43-44-55-57(51,52)53-8/h17-20,23-26,46H,9-16,21-22,27-45H2,1-8H3,(H,51,52). The van der Waals surface area contributed by atoms with Crippen molar-refractivity contribution in [2.24, 2.45) is 5.41 Å². The van der Waals surface area contributed by atoms with Gasteiger partial charge in [0.15, 0.2) is 5.79 Å². The summed E-state index contributed by atoms with van der Waals surface area (Å²) in [6, 6.07) is 0. The lowest BCUT2D eigenvalue weighted by Crippen LogP contribution is -2.58. The summed E-state index contributed by atoms with van der Waals surface area (Å²) >= 11 is 0. The number of nitrogens with zero attached hydrogens (tertiary/aromatic N) is 1. The molecule has 0 aromatic heterocycles. The number of ether oxygens (including phenoxy) is 2. The molecule has 1 heterocycles. The molecule has 1 aliphatic heterocycles. The zero-order valence-corrected chi connectivity index (χ0v) is 39.5.